The van der Waals surface area contributed by atoms with Gasteiger partial charge in [0.15, 0.2) is 0 Å². The fourth-order valence-electron chi connectivity index (χ4n) is 3.14. The molecule has 1 heterocycles. The Morgan fingerprint density at radius 1 is 1.14 bits per heavy atom. The molecule has 2 unspecified atom stereocenters. The Bertz CT molecular complexity index is 629. The zero-order chi connectivity index (χ0) is 15.5. The number of benzene rings is 2. The van der Waals surface area contributed by atoms with Crippen molar-refractivity contribution in [2.45, 2.75) is 18.4 Å². The van der Waals surface area contributed by atoms with Crippen LogP contribution in [0.2, 0.25) is 0 Å². The van der Waals surface area contributed by atoms with E-state index in [1.165, 1.54) is 17.7 Å². The second kappa shape index (κ2) is 6.36. The highest BCUT2D eigenvalue weighted by molar-refractivity contribution is 5.48. The van der Waals surface area contributed by atoms with Crippen LogP contribution < -0.4 is 15.4 Å². The molecule has 1 aliphatic heterocycles. The van der Waals surface area contributed by atoms with Gasteiger partial charge in [-0.25, -0.2) is 4.39 Å². The van der Waals surface area contributed by atoms with Gasteiger partial charge in [0.05, 0.1) is 7.11 Å². The SMILES string of the molecule is COc1cccc(C2CC(N)CN(c3ccc(F)cc3)C2)c1. The Kier molecular flexibility index (Phi) is 4.29. The molecule has 4 heteroatoms. The summed E-state index contributed by atoms with van der Waals surface area (Å²) < 4.78 is 18.4. The van der Waals surface area contributed by atoms with Crippen molar-refractivity contribution >= 4 is 5.69 Å². The molecule has 0 bridgehead atoms. The summed E-state index contributed by atoms with van der Waals surface area (Å²) in [5.74, 6) is 1.00. The van der Waals surface area contributed by atoms with Gasteiger partial charge in [-0.15, -0.1) is 0 Å². The van der Waals surface area contributed by atoms with Crippen LogP contribution in [0.3, 0.4) is 0 Å². The van der Waals surface area contributed by atoms with Crippen LogP contribution in [0.1, 0.15) is 17.9 Å². The monoisotopic (exact) mass is 300 g/mol. The van der Waals surface area contributed by atoms with Crippen LogP contribution in [0.25, 0.3) is 0 Å². The maximum absolute atomic E-state index is 13.1. The molecule has 3 rings (SSSR count). The van der Waals surface area contributed by atoms with Gasteiger partial charge in [-0.2, -0.15) is 0 Å². The minimum atomic E-state index is -0.214. The number of methoxy groups -OCH3 is 1. The molecular formula is C18H21FN2O. The van der Waals surface area contributed by atoms with Crippen LogP contribution in [-0.4, -0.2) is 26.2 Å². The van der Waals surface area contributed by atoms with Crippen LogP contribution >= 0.6 is 0 Å². The van der Waals surface area contributed by atoms with Crippen LogP contribution in [0, 0.1) is 5.82 Å². The summed E-state index contributed by atoms with van der Waals surface area (Å²) in [7, 11) is 1.68. The molecule has 2 aromatic rings. The van der Waals surface area contributed by atoms with Crippen molar-refractivity contribution in [2.75, 3.05) is 25.1 Å². The molecule has 1 fully saturated rings. The zero-order valence-electron chi connectivity index (χ0n) is 12.7. The molecule has 2 N–H and O–H groups in total. The summed E-state index contributed by atoms with van der Waals surface area (Å²) in [6.07, 6.45) is 0.949. The van der Waals surface area contributed by atoms with Crippen molar-refractivity contribution in [2.24, 2.45) is 5.73 Å². The summed E-state index contributed by atoms with van der Waals surface area (Å²) in [6, 6.07) is 14.9. The van der Waals surface area contributed by atoms with Gasteiger partial charge in [-0.05, 0) is 48.4 Å². The minimum Gasteiger partial charge on any atom is -0.497 e. The normalized spacial score (nSPS) is 21.7. The first-order valence-corrected chi connectivity index (χ1v) is 7.56. The number of piperidine rings is 1. The molecule has 3 nitrogen and oxygen atoms in total. The Hall–Kier alpha value is -2.07. The molecule has 22 heavy (non-hydrogen) atoms. The predicted molar refractivity (Wildman–Crippen MR) is 86.9 cm³/mol. The van der Waals surface area contributed by atoms with Crippen molar-refractivity contribution in [1.29, 1.82) is 0 Å². The van der Waals surface area contributed by atoms with E-state index in [4.69, 9.17) is 10.5 Å². The lowest BCUT2D eigenvalue weighted by atomic mass is 9.88. The maximum Gasteiger partial charge on any atom is 0.123 e. The second-order valence-electron chi connectivity index (χ2n) is 5.85. The molecule has 0 aliphatic carbocycles. The molecule has 116 valence electrons. The topological polar surface area (TPSA) is 38.5 Å². The van der Waals surface area contributed by atoms with E-state index >= 15 is 0 Å². The third-order valence-electron chi connectivity index (χ3n) is 4.24. The molecular weight excluding hydrogens is 279 g/mol. The number of hydrogen-bond acceptors (Lipinski definition) is 3. The fourth-order valence-corrected chi connectivity index (χ4v) is 3.14. The zero-order valence-corrected chi connectivity index (χ0v) is 12.7. The van der Waals surface area contributed by atoms with E-state index in [1.54, 1.807) is 7.11 Å². The van der Waals surface area contributed by atoms with Gasteiger partial charge in [-0.1, -0.05) is 12.1 Å². The van der Waals surface area contributed by atoms with E-state index in [0.717, 1.165) is 30.9 Å². The predicted octanol–water partition coefficient (Wildman–Crippen LogP) is 3.16. The molecule has 0 aromatic heterocycles. The lowest BCUT2D eigenvalue weighted by molar-refractivity contribution is 0.411. The number of halogens is 1. The van der Waals surface area contributed by atoms with E-state index in [-0.39, 0.29) is 11.9 Å². The van der Waals surface area contributed by atoms with Crippen molar-refractivity contribution in [3.05, 3.63) is 59.9 Å². The Labute approximate surface area is 130 Å². The summed E-state index contributed by atoms with van der Waals surface area (Å²) in [5.41, 5.74) is 8.50. The van der Waals surface area contributed by atoms with Gasteiger partial charge < -0.3 is 15.4 Å². The average Bonchev–Trinajstić information content (AvgIpc) is 2.55. The molecule has 1 saturated heterocycles. The molecule has 1 aliphatic rings. The van der Waals surface area contributed by atoms with Crippen LogP contribution in [0.5, 0.6) is 5.75 Å². The first-order chi connectivity index (χ1) is 10.7. The lowest BCUT2D eigenvalue weighted by Crippen LogP contribution is -2.46. The van der Waals surface area contributed by atoms with E-state index < -0.39 is 0 Å². The van der Waals surface area contributed by atoms with Crippen LogP contribution in [0.15, 0.2) is 48.5 Å². The van der Waals surface area contributed by atoms with E-state index in [1.807, 2.05) is 24.3 Å². The molecule has 0 radical (unpaired) electrons. The first-order valence-electron chi connectivity index (χ1n) is 7.56. The third kappa shape index (κ3) is 3.22. The van der Waals surface area contributed by atoms with Gasteiger partial charge in [0, 0.05) is 30.7 Å². The highest BCUT2D eigenvalue weighted by Gasteiger charge is 2.26. The van der Waals surface area contributed by atoms with Crippen molar-refractivity contribution in [3.8, 4) is 5.75 Å². The average molecular weight is 300 g/mol. The van der Waals surface area contributed by atoms with E-state index in [9.17, 15) is 4.39 Å². The van der Waals surface area contributed by atoms with E-state index in [2.05, 4.69) is 17.0 Å². The van der Waals surface area contributed by atoms with Crippen LogP contribution in [0.4, 0.5) is 10.1 Å². The molecule has 2 atom stereocenters. The van der Waals surface area contributed by atoms with Crippen LogP contribution in [-0.2, 0) is 0 Å². The van der Waals surface area contributed by atoms with Gasteiger partial charge in [0.1, 0.15) is 11.6 Å². The fraction of sp³-hybridized carbons (Fsp3) is 0.333. The summed E-state index contributed by atoms with van der Waals surface area (Å²) >= 11 is 0. The van der Waals surface area contributed by atoms with Gasteiger partial charge in [0.25, 0.3) is 0 Å². The largest absolute Gasteiger partial charge is 0.497 e. The quantitative estimate of drug-likeness (QED) is 0.946. The van der Waals surface area contributed by atoms with Gasteiger partial charge >= 0.3 is 0 Å². The minimum absolute atomic E-state index is 0.106. The second-order valence-corrected chi connectivity index (χ2v) is 5.85. The number of hydrogen-bond donors (Lipinski definition) is 1. The molecule has 2 aromatic carbocycles. The van der Waals surface area contributed by atoms with Crippen molar-refractivity contribution in [1.82, 2.24) is 0 Å². The lowest BCUT2D eigenvalue weighted by Gasteiger charge is -2.38. The van der Waals surface area contributed by atoms with Crippen molar-refractivity contribution in [3.63, 3.8) is 0 Å². The number of rotatable bonds is 3. The Balaban J connectivity index is 1.82. The Morgan fingerprint density at radius 2 is 1.91 bits per heavy atom. The highest BCUT2D eigenvalue weighted by Crippen LogP contribution is 2.31. The summed E-state index contributed by atoms with van der Waals surface area (Å²) in [6.45, 7) is 1.68. The molecule has 0 spiro atoms. The number of nitrogens with zero attached hydrogens (tertiary/aromatic N) is 1. The maximum atomic E-state index is 13.1. The molecule has 0 saturated carbocycles. The van der Waals surface area contributed by atoms with Gasteiger partial charge in [-0.3, -0.25) is 0 Å². The number of anilines is 1. The number of ether oxygens (including phenoxy) is 1. The van der Waals surface area contributed by atoms with E-state index in [0.29, 0.717) is 5.92 Å². The summed E-state index contributed by atoms with van der Waals surface area (Å²) in [5, 5.41) is 0. The number of nitrogens with two attached hydrogens (primary N) is 1. The molecule has 0 amide bonds. The first kappa shape index (κ1) is 14.9. The smallest absolute Gasteiger partial charge is 0.123 e. The Morgan fingerprint density at radius 3 is 2.64 bits per heavy atom. The summed E-state index contributed by atoms with van der Waals surface area (Å²) in [4.78, 5) is 2.23. The highest BCUT2D eigenvalue weighted by atomic mass is 19.1. The standard InChI is InChI=1S/C18H21FN2O/c1-22-18-4-2-3-13(10-18)14-9-16(20)12-21(11-14)17-7-5-15(19)6-8-17/h2-8,10,14,16H,9,11-12,20H2,1H3. The van der Waals surface area contributed by atoms with Gasteiger partial charge in [0.2, 0.25) is 0 Å². The van der Waals surface area contributed by atoms with Crippen molar-refractivity contribution < 1.29 is 9.13 Å². The third-order valence-corrected chi connectivity index (χ3v) is 4.24.